The molecule has 130 valence electrons. The fourth-order valence-corrected chi connectivity index (χ4v) is 3.71. The molecule has 0 saturated heterocycles. The van der Waals surface area contributed by atoms with Gasteiger partial charge in [-0.25, -0.2) is 0 Å². The molecular formula is C17H17BrN4O2S. The van der Waals surface area contributed by atoms with Gasteiger partial charge in [0.1, 0.15) is 0 Å². The molecule has 1 N–H and O–H groups in total. The van der Waals surface area contributed by atoms with Crippen LogP contribution in [0.4, 0.5) is 0 Å². The van der Waals surface area contributed by atoms with E-state index >= 15 is 0 Å². The predicted octanol–water partition coefficient (Wildman–Crippen LogP) is 3.55. The molecule has 2 heterocycles. The zero-order valence-electron chi connectivity index (χ0n) is 13.8. The molecule has 25 heavy (non-hydrogen) atoms. The van der Waals surface area contributed by atoms with Crippen LogP contribution in [0.2, 0.25) is 0 Å². The topological polar surface area (TPSA) is 71.3 Å². The van der Waals surface area contributed by atoms with Crippen LogP contribution in [-0.2, 0) is 13.1 Å². The summed E-state index contributed by atoms with van der Waals surface area (Å²) in [5.74, 6) is 1.09. The third-order valence-corrected chi connectivity index (χ3v) is 5.24. The number of rotatable bonds is 6. The van der Waals surface area contributed by atoms with Crippen molar-refractivity contribution in [3.05, 3.63) is 57.2 Å². The maximum Gasteiger partial charge on any atom is 0.251 e. The van der Waals surface area contributed by atoms with Gasteiger partial charge in [0.05, 0.1) is 11.4 Å². The molecule has 0 fully saturated rings. The molecular weight excluding hydrogens is 404 g/mol. The van der Waals surface area contributed by atoms with Crippen LogP contribution in [0.3, 0.4) is 0 Å². The Labute approximate surface area is 158 Å². The molecule has 8 heteroatoms. The lowest BCUT2D eigenvalue weighted by molar-refractivity contribution is 0.0963. The standard InChI is InChI=1S/C17H17BrN4O2S/c1-19-17(23)12-5-3-11(4-6-12)8-22(2)9-15-20-16(21-24-15)14-7-13(18)10-25-14/h3-7,10H,8-9H2,1-2H3,(H,19,23). The lowest BCUT2D eigenvalue weighted by atomic mass is 10.1. The second-order valence-electron chi connectivity index (χ2n) is 5.59. The van der Waals surface area contributed by atoms with E-state index in [-0.39, 0.29) is 5.91 Å². The van der Waals surface area contributed by atoms with E-state index in [1.165, 1.54) is 0 Å². The molecule has 0 aliphatic rings. The van der Waals surface area contributed by atoms with Crippen molar-refractivity contribution in [1.82, 2.24) is 20.4 Å². The second kappa shape index (κ2) is 7.90. The van der Waals surface area contributed by atoms with Gasteiger partial charge in [-0.1, -0.05) is 17.3 Å². The van der Waals surface area contributed by atoms with Gasteiger partial charge in [-0.3, -0.25) is 9.69 Å². The molecule has 6 nitrogen and oxygen atoms in total. The normalized spacial score (nSPS) is 11.0. The number of amides is 1. The number of halogens is 1. The number of benzene rings is 1. The fraction of sp³-hybridized carbons (Fsp3) is 0.235. The number of thiophene rings is 1. The Morgan fingerprint density at radius 3 is 2.72 bits per heavy atom. The van der Waals surface area contributed by atoms with Gasteiger partial charge in [-0.05, 0) is 46.7 Å². The Morgan fingerprint density at radius 1 is 1.32 bits per heavy atom. The van der Waals surface area contributed by atoms with Crippen molar-refractivity contribution in [2.45, 2.75) is 13.1 Å². The average Bonchev–Trinajstić information content (AvgIpc) is 3.23. The van der Waals surface area contributed by atoms with Crippen LogP contribution in [0.1, 0.15) is 21.8 Å². The van der Waals surface area contributed by atoms with E-state index in [1.807, 2.05) is 42.8 Å². The summed E-state index contributed by atoms with van der Waals surface area (Å²) in [6.45, 7) is 1.27. The van der Waals surface area contributed by atoms with E-state index in [9.17, 15) is 4.79 Å². The second-order valence-corrected chi connectivity index (χ2v) is 7.42. The number of aromatic nitrogens is 2. The number of nitrogens with zero attached hydrogens (tertiary/aromatic N) is 3. The molecule has 0 radical (unpaired) electrons. The maximum absolute atomic E-state index is 11.6. The average molecular weight is 421 g/mol. The number of hydrogen-bond donors (Lipinski definition) is 1. The predicted molar refractivity (Wildman–Crippen MR) is 100 cm³/mol. The van der Waals surface area contributed by atoms with Gasteiger partial charge in [0, 0.05) is 29.0 Å². The third kappa shape index (κ3) is 4.53. The van der Waals surface area contributed by atoms with Gasteiger partial charge in [-0.2, -0.15) is 4.98 Å². The molecule has 0 aliphatic heterocycles. The first-order valence-electron chi connectivity index (χ1n) is 7.61. The Hall–Kier alpha value is -2.03. The first-order valence-corrected chi connectivity index (χ1v) is 9.29. The smallest absolute Gasteiger partial charge is 0.251 e. The minimum atomic E-state index is -0.0847. The van der Waals surface area contributed by atoms with E-state index in [2.05, 4.69) is 36.3 Å². The molecule has 3 aromatic rings. The van der Waals surface area contributed by atoms with E-state index < -0.39 is 0 Å². The molecule has 1 amide bonds. The number of nitrogens with one attached hydrogen (secondary N) is 1. The van der Waals surface area contributed by atoms with E-state index in [0.717, 1.165) is 21.5 Å². The van der Waals surface area contributed by atoms with Crippen LogP contribution >= 0.6 is 27.3 Å². The van der Waals surface area contributed by atoms with Crippen LogP contribution in [-0.4, -0.2) is 35.0 Å². The number of hydrogen-bond acceptors (Lipinski definition) is 6. The molecule has 0 bridgehead atoms. The Bertz CT molecular complexity index is 860. The lowest BCUT2D eigenvalue weighted by Crippen LogP contribution is -2.19. The summed E-state index contributed by atoms with van der Waals surface area (Å²) in [5, 5.41) is 8.63. The van der Waals surface area contributed by atoms with Gasteiger partial charge in [0.15, 0.2) is 0 Å². The van der Waals surface area contributed by atoms with Crippen LogP contribution < -0.4 is 5.32 Å². The van der Waals surface area contributed by atoms with Gasteiger partial charge < -0.3 is 9.84 Å². The minimum Gasteiger partial charge on any atom is -0.355 e. The molecule has 1 aromatic carbocycles. The van der Waals surface area contributed by atoms with Crippen LogP contribution in [0.15, 0.2) is 44.7 Å². The third-order valence-electron chi connectivity index (χ3n) is 3.56. The summed E-state index contributed by atoms with van der Waals surface area (Å²) >= 11 is 4.99. The molecule has 0 atom stereocenters. The molecule has 0 saturated carbocycles. The first-order chi connectivity index (χ1) is 12.0. The molecule has 0 unspecified atom stereocenters. The van der Waals surface area contributed by atoms with Gasteiger partial charge in [0.2, 0.25) is 11.7 Å². The van der Waals surface area contributed by atoms with Crippen molar-refractivity contribution in [1.29, 1.82) is 0 Å². The highest BCUT2D eigenvalue weighted by Gasteiger charge is 2.13. The summed E-state index contributed by atoms with van der Waals surface area (Å²) in [5.41, 5.74) is 1.76. The van der Waals surface area contributed by atoms with E-state index in [1.54, 1.807) is 18.4 Å². The fourth-order valence-electron chi connectivity index (χ4n) is 2.35. The minimum absolute atomic E-state index is 0.0847. The first kappa shape index (κ1) is 17.8. The number of carbonyl (C=O) groups is 1. The summed E-state index contributed by atoms with van der Waals surface area (Å²) in [4.78, 5) is 19.0. The van der Waals surface area contributed by atoms with Crippen LogP contribution in [0.5, 0.6) is 0 Å². The lowest BCUT2D eigenvalue weighted by Gasteiger charge is -2.14. The van der Waals surface area contributed by atoms with E-state index in [0.29, 0.717) is 23.8 Å². The van der Waals surface area contributed by atoms with Crippen LogP contribution in [0.25, 0.3) is 10.7 Å². The van der Waals surface area contributed by atoms with Crippen molar-refractivity contribution in [2.75, 3.05) is 14.1 Å². The highest BCUT2D eigenvalue weighted by atomic mass is 79.9. The Kier molecular flexibility index (Phi) is 5.62. The SMILES string of the molecule is CNC(=O)c1ccc(CN(C)Cc2nc(-c3cc(Br)cs3)no2)cc1. The van der Waals surface area contributed by atoms with E-state index in [4.69, 9.17) is 4.52 Å². The maximum atomic E-state index is 11.6. The Balaban J connectivity index is 1.60. The summed E-state index contributed by atoms with van der Waals surface area (Å²) in [7, 11) is 3.61. The highest BCUT2D eigenvalue weighted by molar-refractivity contribution is 9.10. The number of carbonyl (C=O) groups excluding carboxylic acids is 1. The van der Waals surface area contributed by atoms with Crippen molar-refractivity contribution in [2.24, 2.45) is 0 Å². The van der Waals surface area contributed by atoms with Crippen molar-refractivity contribution in [3.63, 3.8) is 0 Å². The monoisotopic (exact) mass is 420 g/mol. The van der Waals surface area contributed by atoms with Crippen LogP contribution in [0, 0.1) is 0 Å². The zero-order chi connectivity index (χ0) is 17.8. The molecule has 0 spiro atoms. The largest absolute Gasteiger partial charge is 0.355 e. The summed E-state index contributed by atoms with van der Waals surface area (Å²) < 4.78 is 6.35. The molecule has 2 aromatic heterocycles. The molecule has 3 rings (SSSR count). The van der Waals surface area contributed by atoms with Crippen molar-refractivity contribution in [3.8, 4) is 10.7 Å². The van der Waals surface area contributed by atoms with Crippen molar-refractivity contribution >= 4 is 33.2 Å². The van der Waals surface area contributed by atoms with Gasteiger partial charge in [-0.15, -0.1) is 11.3 Å². The van der Waals surface area contributed by atoms with Gasteiger partial charge in [0.25, 0.3) is 5.91 Å². The van der Waals surface area contributed by atoms with Crippen molar-refractivity contribution < 1.29 is 9.32 Å². The quantitative estimate of drug-likeness (QED) is 0.659. The summed E-state index contributed by atoms with van der Waals surface area (Å²) in [6, 6.07) is 9.51. The molecule has 0 aliphatic carbocycles. The summed E-state index contributed by atoms with van der Waals surface area (Å²) in [6.07, 6.45) is 0. The van der Waals surface area contributed by atoms with Gasteiger partial charge >= 0.3 is 0 Å². The zero-order valence-corrected chi connectivity index (χ0v) is 16.2. The Morgan fingerprint density at radius 2 is 2.08 bits per heavy atom. The highest BCUT2D eigenvalue weighted by Crippen LogP contribution is 2.27.